The number of nitrogens with zero attached hydrogens (tertiary/aromatic N) is 1. The summed E-state index contributed by atoms with van der Waals surface area (Å²) in [6.07, 6.45) is 6.08. The summed E-state index contributed by atoms with van der Waals surface area (Å²) in [6, 6.07) is 3.17. The molecule has 1 heterocycles. The van der Waals surface area contributed by atoms with Crippen LogP contribution in [0.2, 0.25) is 0 Å². The third-order valence-corrected chi connectivity index (χ3v) is 5.68. The Morgan fingerprint density at radius 3 is 2.39 bits per heavy atom. The second kappa shape index (κ2) is 9.34. The summed E-state index contributed by atoms with van der Waals surface area (Å²) in [5.41, 5.74) is 0. The van der Waals surface area contributed by atoms with E-state index in [1.165, 1.54) is 12.5 Å². The van der Waals surface area contributed by atoms with Gasteiger partial charge in [0.2, 0.25) is 5.91 Å². The Kier molecular flexibility index (Phi) is 6.86. The van der Waals surface area contributed by atoms with Gasteiger partial charge in [0, 0.05) is 31.1 Å². The van der Waals surface area contributed by atoms with Gasteiger partial charge in [-0.3, -0.25) is 9.59 Å². The number of carbonyl (C=O) groups excluding carboxylic acids is 2. The maximum Gasteiger partial charge on any atom is 0.260 e. The highest BCUT2D eigenvalue weighted by Gasteiger charge is 2.30. The molecule has 28 heavy (non-hydrogen) atoms. The molecule has 154 valence electrons. The molecule has 1 saturated heterocycles. The molecule has 7 heteroatoms. The topological polar surface area (TPSA) is 58.6 Å². The molecule has 1 aliphatic heterocycles. The van der Waals surface area contributed by atoms with Crippen LogP contribution in [0.15, 0.2) is 18.2 Å². The van der Waals surface area contributed by atoms with Crippen molar-refractivity contribution in [2.24, 2.45) is 5.92 Å². The lowest BCUT2D eigenvalue weighted by Crippen LogP contribution is -2.50. The fraction of sp³-hybridized carbons (Fsp3) is 0.619. The molecule has 5 nitrogen and oxygen atoms in total. The summed E-state index contributed by atoms with van der Waals surface area (Å²) in [4.78, 5) is 26.9. The Bertz CT molecular complexity index is 699. The molecule has 2 amide bonds. The number of likely N-dealkylation sites (tertiary alicyclic amines) is 1. The van der Waals surface area contributed by atoms with Gasteiger partial charge in [0.1, 0.15) is 5.75 Å². The quantitative estimate of drug-likeness (QED) is 0.833. The number of amides is 2. The van der Waals surface area contributed by atoms with E-state index in [1.807, 2.05) is 4.90 Å². The van der Waals surface area contributed by atoms with Crippen molar-refractivity contribution in [3.05, 3.63) is 29.8 Å². The molecule has 1 atom stereocenters. The molecule has 2 aliphatic rings. The second-order valence-electron chi connectivity index (χ2n) is 7.78. The van der Waals surface area contributed by atoms with Crippen molar-refractivity contribution in [2.75, 3.05) is 13.1 Å². The van der Waals surface area contributed by atoms with E-state index in [1.54, 1.807) is 6.92 Å². The van der Waals surface area contributed by atoms with Crippen LogP contribution in [0.3, 0.4) is 0 Å². The number of rotatable bonds is 5. The van der Waals surface area contributed by atoms with Crippen LogP contribution in [0.5, 0.6) is 5.75 Å². The summed E-state index contributed by atoms with van der Waals surface area (Å²) in [7, 11) is 0. The molecule has 1 saturated carbocycles. The predicted molar refractivity (Wildman–Crippen MR) is 101 cm³/mol. The number of nitrogens with one attached hydrogen (secondary N) is 1. The lowest BCUT2D eigenvalue weighted by Gasteiger charge is -2.35. The zero-order chi connectivity index (χ0) is 20.1. The van der Waals surface area contributed by atoms with Crippen LogP contribution in [-0.2, 0) is 9.59 Å². The number of hydrogen-bond acceptors (Lipinski definition) is 3. The molecule has 0 radical (unpaired) electrons. The van der Waals surface area contributed by atoms with Crippen LogP contribution in [-0.4, -0.2) is 41.9 Å². The molecule has 0 spiro atoms. The Morgan fingerprint density at radius 1 is 1.07 bits per heavy atom. The van der Waals surface area contributed by atoms with E-state index in [9.17, 15) is 18.4 Å². The average molecular weight is 394 g/mol. The van der Waals surface area contributed by atoms with Crippen molar-refractivity contribution in [2.45, 2.75) is 64.0 Å². The van der Waals surface area contributed by atoms with Crippen LogP contribution in [0.25, 0.3) is 0 Å². The molecular weight excluding hydrogens is 366 g/mol. The molecular formula is C21H28F2N2O3. The van der Waals surface area contributed by atoms with Gasteiger partial charge in [0.05, 0.1) is 0 Å². The minimum atomic E-state index is -1.01. The molecule has 0 bridgehead atoms. The standard InChI is InChI=1S/C21H28F2N2O3/c1-14(28-17-7-8-18(22)19(23)13-17)20(26)24-16-9-11-25(12-10-16)21(27)15-5-3-2-4-6-15/h7-8,13-16H,2-6,9-12H2,1H3,(H,24,26). The summed E-state index contributed by atoms with van der Waals surface area (Å²) < 4.78 is 31.6. The first kappa shape index (κ1) is 20.6. The van der Waals surface area contributed by atoms with Crippen LogP contribution < -0.4 is 10.1 Å². The zero-order valence-corrected chi connectivity index (χ0v) is 16.3. The molecule has 2 fully saturated rings. The number of hydrogen-bond donors (Lipinski definition) is 1. The van der Waals surface area contributed by atoms with E-state index in [0.717, 1.165) is 37.8 Å². The molecule has 0 aromatic heterocycles. The number of halogens is 2. The number of carbonyl (C=O) groups is 2. The van der Waals surface area contributed by atoms with E-state index in [2.05, 4.69) is 5.32 Å². The first-order valence-corrected chi connectivity index (χ1v) is 10.1. The Balaban J connectivity index is 1.43. The van der Waals surface area contributed by atoms with E-state index in [4.69, 9.17) is 4.74 Å². The van der Waals surface area contributed by atoms with Crippen molar-refractivity contribution in [3.63, 3.8) is 0 Å². The van der Waals surface area contributed by atoms with Crippen molar-refractivity contribution < 1.29 is 23.1 Å². The largest absolute Gasteiger partial charge is 0.481 e. The van der Waals surface area contributed by atoms with Gasteiger partial charge in [-0.05, 0) is 44.7 Å². The van der Waals surface area contributed by atoms with Crippen molar-refractivity contribution in [3.8, 4) is 5.75 Å². The summed E-state index contributed by atoms with van der Waals surface area (Å²) in [6.45, 7) is 2.87. The highest BCUT2D eigenvalue weighted by molar-refractivity contribution is 5.81. The maximum absolute atomic E-state index is 13.3. The van der Waals surface area contributed by atoms with E-state index in [0.29, 0.717) is 25.9 Å². The molecule has 1 unspecified atom stereocenters. The molecule has 1 N–H and O–H groups in total. The van der Waals surface area contributed by atoms with Crippen LogP contribution in [0.1, 0.15) is 51.9 Å². The maximum atomic E-state index is 13.3. The highest BCUT2D eigenvalue weighted by atomic mass is 19.2. The van der Waals surface area contributed by atoms with Crippen molar-refractivity contribution in [1.82, 2.24) is 10.2 Å². The first-order chi connectivity index (χ1) is 13.4. The minimum absolute atomic E-state index is 0.0149. The third-order valence-electron chi connectivity index (χ3n) is 5.68. The van der Waals surface area contributed by atoms with Gasteiger partial charge in [-0.25, -0.2) is 8.78 Å². The van der Waals surface area contributed by atoms with Gasteiger partial charge in [-0.1, -0.05) is 19.3 Å². The summed E-state index contributed by atoms with van der Waals surface area (Å²) in [5, 5.41) is 2.93. The van der Waals surface area contributed by atoms with Crippen LogP contribution in [0.4, 0.5) is 8.78 Å². The Morgan fingerprint density at radius 2 is 1.75 bits per heavy atom. The van der Waals surface area contributed by atoms with E-state index in [-0.39, 0.29) is 29.5 Å². The fourth-order valence-corrected chi connectivity index (χ4v) is 3.98. The van der Waals surface area contributed by atoms with Gasteiger partial charge < -0.3 is 15.0 Å². The minimum Gasteiger partial charge on any atom is -0.481 e. The van der Waals surface area contributed by atoms with Gasteiger partial charge >= 0.3 is 0 Å². The van der Waals surface area contributed by atoms with Gasteiger partial charge in [0.25, 0.3) is 5.91 Å². The van der Waals surface area contributed by atoms with Gasteiger partial charge in [-0.2, -0.15) is 0 Å². The zero-order valence-electron chi connectivity index (χ0n) is 16.3. The smallest absolute Gasteiger partial charge is 0.260 e. The van der Waals surface area contributed by atoms with Gasteiger partial charge in [0.15, 0.2) is 17.7 Å². The second-order valence-corrected chi connectivity index (χ2v) is 7.78. The number of piperidine rings is 1. The summed E-state index contributed by atoms with van der Waals surface area (Å²) >= 11 is 0. The monoisotopic (exact) mass is 394 g/mol. The molecule has 1 aromatic rings. The van der Waals surface area contributed by atoms with Crippen LogP contribution >= 0.6 is 0 Å². The Hall–Kier alpha value is -2.18. The van der Waals surface area contributed by atoms with E-state index >= 15 is 0 Å². The lowest BCUT2D eigenvalue weighted by atomic mass is 9.87. The van der Waals surface area contributed by atoms with Crippen LogP contribution in [0, 0.1) is 17.6 Å². The molecule has 3 rings (SSSR count). The van der Waals surface area contributed by atoms with Crippen molar-refractivity contribution >= 4 is 11.8 Å². The summed E-state index contributed by atoms with van der Waals surface area (Å²) in [5.74, 6) is -1.74. The van der Waals surface area contributed by atoms with Gasteiger partial charge in [-0.15, -0.1) is 0 Å². The normalized spacial score (nSPS) is 19.9. The average Bonchev–Trinajstić information content (AvgIpc) is 2.71. The fourth-order valence-electron chi connectivity index (χ4n) is 3.98. The predicted octanol–water partition coefficient (Wildman–Crippen LogP) is 3.42. The Labute approximate surface area is 164 Å². The first-order valence-electron chi connectivity index (χ1n) is 10.1. The number of benzene rings is 1. The lowest BCUT2D eigenvalue weighted by molar-refractivity contribution is -0.137. The third kappa shape index (κ3) is 5.20. The molecule has 1 aliphatic carbocycles. The number of ether oxygens (including phenoxy) is 1. The molecule has 1 aromatic carbocycles. The SMILES string of the molecule is CC(Oc1ccc(F)c(F)c1)C(=O)NC1CCN(C(=O)C2CCCCC2)CC1. The highest BCUT2D eigenvalue weighted by Crippen LogP contribution is 2.26. The van der Waals surface area contributed by atoms with Crippen molar-refractivity contribution in [1.29, 1.82) is 0 Å². The van der Waals surface area contributed by atoms with E-state index < -0.39 is 17.7 Å².